The van der Waals surface area contributed by atoms with Crippen LogP contribution in [0.3, 0.4) is 0 Å². The van der Waals surface area contributed by atoms with Crippen LogP contribution in [0, 0.1) is 11.3 Å². The van der Waals surface area contributed by atoms with Crippen molar-refractivity contribution in [1.82, 2.24) is 15.5 Å². The molecule has 1 fully saturated rings. The van der Waals surface area contributed by atoms with Crippen molar-refractivity contribution in [3.05, 3.63) is 5.89 Å². The van der Waals surface area contributed by atoms with Crippen LogP contribution in [0.15, 0.2) is 9.64 Å². The maximum absolute atomic E-state index is 12.0. The van der Waals surface area contributed by atoms with Crippen LogP contribution < -0.4 is 5.32 Å². The van der Waals surface area contributed by atoms with Crippen molar-refractivity contribution in [2.24, 2.45) is 0 Å². The number of carbonyl (C=O) groups excluding carboxylic acids is 1. The fraction of sp³-hybridized carbons (Fsp3) is 0.692. The van der Waals surface area contributed by atoms with Gasteiger partial charge in [0.2, 0.25) is 11.8 Å². The predicted molar refractivity (Wildman–Crippen MR) is 81.8 cm³/mol. The Hall–Kier alpha value is -1.20. The predicted octanol–water partition coefficient (Wildman–Crippen LogP) is 2.37. The van der Waals surface area contributed by atoms with Crippen LogP contribution in [0.5, 0.6) is 0 Å². The van der Waals surface area contributed by atoms with Gasteiger partial charge in [0.1, 0.15) is 5.54 Å². The van der Waals surface area contributed by atoms with Gasteiger partial charge in [-0.15, -0.1) is 10.2 Å². The third kappa shape index (κ3) is 4.64. The molecule has 1 N–H and O–H groups in total. The molecule has 8 heteroatoms. The molecule has 0 bridgehead atoms. The molecule has 1 amide bonds. The van der Waals surface area contributed by atoms with E-state index >= 15 is 0 Å². The van der Waals surface area contributed by atoms with Gasteiger partial charge in [-0.1, -0.05) is 31.0 Å². The number of hydrogen-bond donors (Lipinski definition) is 1. The number of carbonyl (C=O) groups is 1. The van der Waals surface area contributed by atoms with Crippen LogP contribution >= 0.6 is 23.5 Å². The second kappa shape index (κ2) is 7.71. The first-order valence-electron chi connectivity index (χ1n) is 6.84. The highest BCUT2D eigenvalue weighted by atomic mass is 32.2. The van der Waals surface area contributed by atoms with Gasteiger partial charge in [0.25, 0.3) is 5.22 Å². The molecule has 1 heterocycles. The lowest BCUT2D eigenvalue weighted by molar-refractivity contribution is -0.120. The Balaban J connectivity index is 1.82. The van der Waals surface area contributed by atoms with E-state index in [1.165, 1.54) is 11.8 Å². The number of rotatable bonds is 6. The smallest absolute Gasteiger partial charge is 0.277 e. The lowest BCUT2D eigenvalue weighted by Gasteiger charge is -2.31. The Kier molecular flexibility index (Phi) is 5.94. The van der Waals surface area contributed by atoms with Crippen LogP contribution in [0.1, 0.15) is 38.0 Å². The van der Waals surface area contributed by atoms with Crippen LogP contribution in [0.2, 0.25) is 0 Å². The molecule has 0 aliphatic heterocycles. The molecule has 1 saturated carbocycles. The topological polar surface area (TPSA) is 91.8 Å². The molecule has 21 heavy (non-hydrogen) atoms. The highest BCUT2D eigenvalue weighted by molar-refractivity contribution is 7.99. The van der Waals surface area contributed by atoms with Crippen molar-refractivity contribution in [2.75, 3.05) is 12.0 Å². The van der Waals surface area contributed by atoms with Crippen molar-refractivity contribution in [1.29, 1.82) is 5.26 Å². The standard InChI is InChI=1S/C13H18N4O2S2/c1-20-8-11-16-17-12(19-11)21-7-10(18)15-13(9-14)5-3-2-4-6-13/h2-8H2,1H3,(H,15,18). The number of thioether (sulfide) groups is 2. The van der Waals surface area contributed by atoms with Crippen molar-refractivity contribution >= 4 is 29.4 Å². The fourth-order valence-electron chi connectivity index (χ4n) is 2.33. The van der Waals surface area contributed by atoms with E-state index in [0.717, 1.165) is 32.1 Å². The van der Waals surface area contributed by atoms with Gasteiger partial charge in [0.15, 0.2) is 0 Å². The minimum atomic E-state index is -0.686. The summed E-state index contributed by atoms with van der Waals surface area (Å²) in [5.41, 5.74) is -0.686. The average Bonchev–Trinajstić information content (AvgIpc) is 2.94. The summed E-state index contributed by atoms with van der Waals surface area (Å²) in [7, 11) is 0. The molecule has 114 valence electrons. The molecule has 1 aliphatic rings. The summed E-state index contributed by atoms with van der Waals surface area (Å²) in [6.07, 6.45) is 6.53. The zero-order valence-electron chi connectivity index (χ0n) is 11.9. The van der Waals surface area contributed by atoms with Crippen molar-refractivity contribution < 1.29 is 9.21 Å². The van der Waals surface area contributed by atoms with Gasteiger partial charge in [-0.25, -0.2) is 0 Å². The molecule has 0 unspecified atom stereocenters. The molecule has 2 rings (SSSR count). The average molecular weight is 326 g/mol. The summed E-state index contributed by atoms with van der Waals surface area (Å²) < 4.78 is 5.39. The minimum absolute atomic E-state index is 0.159. The van der Waals surface area contributed by atoms with Crippen molar-refractivity contribution in [3.63, 3.8) is 0 Å². The van der Waals surface area contributed by atoms with Gasteiger partial charge in [-0.2, -0.15) is 17.0 Å². The van der Waals surface area contributed by atoms with E-state index in [2.05, 4.69) is 21.6 Å². The first-order valence-corrected chi connectivity index (χ1v) is 9.22. The van der Waals surface area contributed by atoms with Crippen LogP contribution in [-0.4, -0.2) is 33.7 Å². The van der Waals surface area contributed by atoms with E-state index < -0.39 is 5.54 Å². The number of nitrogens with zero attached hydrogens (tertiary/aromatic N) is 3. The monoisotopic (exact) mass is 326 g/mol. The summed E-state index contributed by atoms with van der Waals surface area (Å²) in [6, 6.07) is 2.27. The maximum Gasteiger partial charge on any atom is 0.277 e. The van der Waals surface area contributed by atoms with E-state index in [-0.39, 0.29) is 11.7 Å². The van der Waals surface area contributed by atoms with Crippen molar-refractivity contribution in [3.8, 4) is 6.07 Å². The SMILES string of the molecule is CSCc1nnc(SCC(=O)NC2(C#N)CCCCC2)o1. The van der Waals surface area contributed by atoms with Crippen molar-refractivity contribution in [2.45, 2.75) is 48.6 Å². The second-order valence-corrected chi connectivity index (χ2v) is 6.78. The maximum atomic E-state index is 12.0. The lowest BCUT2D eigenvalue weighted by atomic mass is 9.83. The quantitative estimate of drug-likeness (QED) is 0.802. The molecule has 0 saturated heterocycles. The highest BCUT2D eigenvalue weighted by Crippen LogP contribution is 2.28. The molecule has 1 aromatic rings. The molecule has 0 spiro atoms. The van der Waals surface area contributed by atoms with Gasteiger partial charge in [-0.05, 0) is 19.1 Å². The van der Waals surface area contributed by atoms with Gasteiger partial charge in [-0.3, -0.25) is 4.79 Å². The van der Waals surface area contributed by atoms with Crippen LogP contribution in [-0.2, 0) is 10.5 Å². The molecule has 1 aromatic heterocycles. The number of hydrogen-bond acceptors (Lipinski definition) is 7. The molecule has 0 aromatic carbocycles. The summed E-state index contributed by atoms with van der Waals surface area (Å²) in [5, 5.41) is 20.4. The summed E-state index contributed by atoms with van der Waals surface area (Å²) in [4.78, 5) is 12.0. The Bertz CT molecular complexity index is 520. The van der Waals surface area contributed by atoms with Gasteiger partial charge < -0.3 is 9.73 Å². The summed E-state index contributed by atoms with van der Waals surface area (Å²) >= 11 is 2.80. The summed E-state index contributed by atoms with van der Waals surface area (Å²) in [5.74, 6) is 1.25. The Morgan fingerprint density at radius 2 is 2.19 bits per heavy atom. The zero-order chi connectivity index (χ0) is 15.1. The first-order chi connectivity index (χ1) is 10.2. The van der Waals surface area contributed by atoms with Gasteiger partial charge >= 0.3 is 0 Å². The van der Waals surface area contributed by atoms with Gasteiger partial charge in [0, 0.05) is 0 Å². The number of nitriles is 1. The Labute approximate surface area is 132 Å². The van der Waals surface area contributed by atoms with Crippen LogP contribution in [0.25, 0.3) is 0 Å². The molecular weight excluding hydrogens is 308 g/mol. The first kappa shape index (κ1) is 16.2. The van der Waals surface area contributed by atoms with E-state index in [1.54, 1.807) is 11.8 Å². The van der Waals surface area contributed by atoms with Crippen LogP contribution in [0.4, 0.5) is 0 Å². The second-order valence-electron chi connectivity index (χ2n) is 4.99. The number of amides is 1. The largest absolute Gasteiger partial charge is 0.415 e. The lowest BCUT2D eigenvalue weighted by Crippen LogP contribution is -2.49. The molecule has 6 nitrogen and oxygen atoms in total. The minimum Gasteiger partial charge on any atom is -0.415 e. The normalized spacial score (nSPS) is 17.1. The zero-order valence-corrected chi connectivity index (χ0v) is 13.6. The van der Waals surface area contributed by atoms with E-state index in [9.17, 15) is 10.1 Å². The van der Waals surface area contributed by atoms with E-state index in [4.69, 9.17) is 4.42 Å². The van der Waals surface area contributed by atoms with E-state index in [0.29, 0.717) is 16.9 Å². The number of aromatic nitrogens is 2. The van der Waals surface area contributed by atoms with Gasteiger partial charge in [0.05, 0.1) is 17.6 Å². The molecule has 0 radical (unpaired) electrons. The summed E-state index contributed by atoms with van der Waals surface area (Å²) in [6.45, 7) is 0. The molecule has 0 atom stereocenters. The fourth-order valence-corrected chi connectivity index (χ4v) is 3.27. The third-order valence-electron chi connectivity index (χ3n) is 3.34. The molecular formula is C13H18N4O2S2. The number of nitrogens with one attached hydrogen (secondary N) is 1. The highest BCUT2D eigenvalue weighted by Gasteiger charge is 2.33. The third-order valence-corrected chi connectivity index (χ3v) is 4.70. The van der Waals surface area contributed by atoms with E-state index in [1.807, 2.05) is 6.26 Å². The molecule has 1 aliphatic carbocycles. The Morgan fingerprint density at radius 3 is 2.86 bits per heavy atom. The Morgan fingerprint density at radius 1 is 1.43 bits per heavy atom.